The third-order valence-corrected chi connectivity index (χ3v) is 5.13. The molecule has 0 spiro atoms. The van der Waals surface area contributed by atoms with Gasteiger partial charge in [0.05, 0.1) is 17.6 Å². The van der Waals surface area contributed by atoms with Crippen molar-refractivity contribution in [1.82, 2.24) is 4.98 Å². The summed E-state index contributed by atoms with van der Waals surface area (Å²) in [5, 5.41) is 0. The number of nitrogens with zero attached hydrogens (tertiary/aromatic N) is 2. The lowest BCUT2D eigenvalue weighted by molar-refractivity contribution is 0.0600. The molecule has 2 aromatic rings. The number of aromatic nitrogens is 1. The summed E-state index contributed by atoms with van der Waals surface area (Å²) < 4.78 is 31.1. The summed E-state index contributed by atoms with van der Waals surface area (Å²) >= 11 is 0. The smallest absolute Gasteiger partial charge is 0.337 e. The Morgan fingerprint density at radius 1 is 1.23 bits per heavy atom. The van der Waals surface area contributed by atoms with Crippen molar-refractivity contribution in [3.63, 3.8) is 0 Å². The van der Waals surface area contributed by atoms with E-state index in [-0.39, 0.29) is 4.90 Å². The van der Waals surface area contributed by atoms with Gasteiger partial charge in [-0.15, -0.1) is 0 Å². The highest BCUT2D eigenvalue weighted by Gasteiger charge is 2.24. The molecule has 0 aliphatic carbocycles. The van der Waals surface area contributed by atoms with Crippen molar-refractivity contribution in [1.29, 1.82) is 0 Å². The van der Waals surface area contributed by atoms with E-state index in [0.717, 1.165) is 4.31 Å². The fraction of sp³-hybridized carbons (Fsp3) is 0.200. The van der Waals surface area contributed by atoms with Gasteiger partial charge in [-0.05, 0) is 42.8 Å². The molecule has 0 amide bonds. The van der Waals surface area contributed by atoms with Crippen LogP contribution in [0.25, 0.3) is 0 Å². The first-order valence-electron chi connectivity index (χ1n) is 6.47. The van der Waals surface area contributed by atoms with Gasteiger partial charge in [-0.25, -0.2) is 18.2 Å². The number of anilines is 1. The summed E-state index contributed by atoms with van der Waals surface area (Å²) in [7, 11) is -1.04. The molecule has 2 rings (SSSR count). The molecule has 6 nitrogen and oxygen atoms in total. The summed E-state index contributed by atoms with van der Waals surface area (Å²) in [5.41, 5.74) is 0.769. The molecule has 1 aromatic carbocycles. The van der Waals surface area contributed by atoms with E-state index < -0.39 is 16.0 Å². The summed E-state index contributed by atoms with van der Waals surface area (Å²) in [6, 6.07) is 9.34. The number of hydrogen-bond acceptors (Lipinski definition) is 5. The van der Waals surface area contributed by atoms with Crippen molar-refractivity contribution in [2.45, 2.75) is 11.8 Å². The van der Waals surface area contributed by atoms with Gasteiger partial charge in [-0.2, -0.15) is 0 Å². The summed E-state index contributed by atoms with van der Waals surface area (Å²) in [5.74, 6) is -0.191. The van der Waals surface area contributed by atoms with Gasteiger partial charge in [0.15, 0.2) is 0 Å². The van der Waals surface area contributed by atoms with Crippen LogP contribution in [0.3, 0.4) is 0 Å². The number of carbonyl (C=O) groups excluding carboxylic acids is 1. The SMILES string of the molecule is COC(=O)c1ccc(S(=O)(=O)N(C)c2ccccn2)c(C)c1. The second-order valence-electron chi connectivity index (χ2n) is 4.63. The Balaban J connectivity index is 2.44. The van der Waals surface area contributed by atoms with Gasteiger partial charge in [-0.1, -0.05) is 6.07 Å². The van der Waals surface area contributed by atoms with Gasteiger partial charge in [0.2, 0.25) is 0 Å². The number of aryl methyl sites for hydroxylation is 1. The van der Waals surface area contributed by atoms with Crippen LogP contribution in [-0.4, -0.2) is 33.5 Å². The van der Waals surface area contributed by atoms with Gasteiger partial charge in [0.1, 0.15) is 5.82 Å². The van der Waals surface area contributed by atoms with E-state index >= 15 is 0 Å². The molecule has 0 atom stereocenters. The highest BCUT2D eigenvalue weighted by molar-refractivity contribution is 7.92. The molecule has 0 aliphatic rings. The Kier molecular flexibility index (Phi) is 4.46. The Labute approximate surface area is 129 Å². The van der Waals surface area contributed by atoms with E-state index in [1.165, 1.54) is 38.6 Å². The summed E-state index contributed by atoms with van der Waals surface area (Å²) in [6.07, 6.45) is 1.52. The zero-order valence-corrected chi connectivity index (χ0v) is 13.3. The molecule has 0 aliphatic heterocycles. The largest absolute Gasteiger partial charge is 0.465 e. The molecule has 0 unspecified atom stereocenters. The highest BCUT2D eigenvalue weighted by atomic mass is 32.2. The number of hydrogen-bond donors (Lipinski definition) is 0. The number of methoxy groups -OCH3 is 1. The number of ether oxygens (including phenoxy) is 1. The predicted octanol–water partition coefficient (Wildman–Crippen LogP) is 2.00. The van der Waals surface area contributed by atoms with Crippen LogP contribution in [0.1, 0.15) is 15.9 Å². The van der Waals surface area contributed by atoms with Crippen LogP contribution in [0, 0.1) is 6.92 Å². The molecular weight excluding hydrogens is 304 g/mol. The monoisotopic (exact) mass is 320 g/mol. The molecule has 1 heterocycles. The molecule has 116 valence electrons. The van der Waals surface area contributed by atoms with E-state index in [1.54, 1.807) is 25.1 Å². The topological polar surface area (TPSA) is 76.6 Å². The molecule has 1 aromatic heterocycles. The van der Waals surface area contributed by atoms with E-state index in [4.69, 9.17) is 0 Å². The molecule has 0 saturated carbocycles. The van der Waals surface area contributed by atoms with Crippen molar-refractivity contribution in [2.24, 2.45) is 0 Å². The minimum absolute atomic E-state index is 0.119. The fourth-order valence-corrected chi connectivity index (χ4v) is 3.35. The molecule has 0 radical (unpaired) electrons. The molecule has 0 saturated heterocycles. The van der Waals surface area contributed by atoms with Crippen LogP contribution < -0.4 is 4.31 Å². The van der Waals surface area contributed by atoms with Gasteiger partial charge < -0.3 is 4.74 Å². The van der Waals surface area contributed by atoms with Crippen LogP contribution in [0.4, 0.5) is 5.82 Å². The maximum atomic E-state index is 12.7. The summed E-state index contributed by atoms with van der Waals surface area (Å²) in [4.78, 5) is 15.6. The maximum Gasteiger partial charge on any atom is 0.337 e. The van der Waals surface area contributed by atoms with Crippen LogP contribution in [0.15, 0.2) is 47.5 Å². The number of sulfonamides is 1. The first-order valence-corrected chi connectivity index (χ1v) is 7.91. The third-order valence-electron chi connectivity index (χ3n) is 3.21. The lowest BCUT2D eigenvalue weighted by atomic mass is 10.1. The van der Waals surface area contributed by atoms with Crippen LogP contribution in [0.2, 0.25) is 0 Å². The van der Waals surface area contributed by atoms with E-state index in [0.29, 0.717) is 16.9 Å². The first-order chi connectivity index (χ1) is 10.4. The molecule has 7 heteroatoms. The van der Waals surface area contributed by atoms with E-state index in [1.807, 2.05) is 0 Å². The predicted molar refractivity (Wildman–Crippen MR) is 82.3 cm³/mol. The number of rotatable bonds is 4. The number of pyridine rings is 1. The van der Waals surface area contributed by atoms with Crippen molar-refractivity contribution >= 4 is 21.8 Å². The average Bonchev–Trinajstić information content (AvgIpc) is 2.53. The highest BCUT2D eigenvalue weighted by Crippen LogP contribution is 2.23. The van der Waals surface area contributed by atoms with Crippen LogP contribution >= 0.6 is 0 Å². The normalized spacial score (nSPS) is 11.0. The quantitative estimate of drug-likeness (QED) is 0.805. The van der Waals surface area contributed by atoms with Gasteiger partial charge in [0.25, 0.3) is 10.0 Å². The van der Waals surface area contributed by atoms with E-state index in [9.17, 15) is 13.2 Å². The van der Waals surface area contributed by atoms with Crippen LogP contribution in [-0.2, 0) is 14.8 Å². The minimum Gasteiger partial charge on any atom is -0.465 e. The van der Waals surface area contributed by atoms with Crippen molar-refractivity contribution in [3.8, 4) is 0 Å². The molecular formula is C15H16N2O4S. The number of carbonyl (C=O) groups is 1. The lowest BCUT2D eigenvalue weighted by Gasteiger charge is -2.19. The molecule has 0 N–H and O–H groups in total. The second kappa shape index (κ2) is 6.15. The molecule has 0 fully saturated rings. The lowest BCUT2D eigenvalue weighted by Crippen LogP contribution is -2.28. The zero-order chi connectivity index (χ0) is 16.3. The van der Waals surface area contributed by atoms with E-state index in [2.05, 4.69) is 9.72 Å². The Hall–Kier alpha value is -2.41. The zero-order valence-electron chi connectivity index (χ0n) is 12.5. The Bertz CT molecular complexity index is 788. The number of esters is 1. The van der Waals surface area contributed by atoms with Gasteiger partial charge in [0, 0.05) is 13.2 Å². The third kappa shape index (κ3) is 2.94. The van der Waals surface area contributed by atoms with Crippen molar-refractivity contribution < 1.29 is 17.9 Å². The standard InChI is InChI=1S/C15H16N2O4S/c1-11-10-12(15(18)21-3)7-8-13(11)22(19,20)17(2)14-6-4-5-9-16-14/h4-10H,1-3H3. The minimum atomic E-state index is -3.75. The van der Waals surface area contributed by atoms with Gasteiger partial charge >= 0.3 is 5.97 Å². The van der Waals surface area contributed by atoms with Crippen molar-refractivity contribution in [3.05, 3.63) is 53.7 Å². The average molecular weight is 320 g/mol. The Morgan fingerprint density at radius 2 is 1.95 bits per heavy atom. The second-order valence-corrected chi connectivity index (χ2v) is 6.57. The molecule has 22 heavy (non-hydrogen) atoms. The maximum absolute atomic E-state index is 12.7. The summed E-state index contributed by atoms with van der Waals surface area (Å²) in [6.45, 7) is 1.63. The number of benzene rings is 1. The van der Waals surface area contributed by atoms with Crippen LogP contribution in [0.5, 0.6) is 0 Å². The Morgan fingerprint density at radius 3 is 2.50 bits per heavy atom. The van der Waals surface area contributed by atoms with Crippen molar-refractivity contribution in [2.75, 3.05) is 18.5 Å². The van der Waals surface area contributed by atoms with Gasteiger partial charge in [-0.3, -0.25) is 4.31 Å². The fourth-order valence-electron chi connectivity index (χ4n) is 1.99. The first kappa shape index (κ1) is 16.0. The molecule has 0 bridgehead atoms.